The first-order valence-corrected chi connectivity index (χ1v) is 28.0. The number of para-hydroxylation sites is 2. The Kier molecular flexibility index (Phi) is 11.8. The Morgan fingerprint density at radius 1 is 0.235 bits per heavy atom. The lowest BCUT2D eigenvalue weighted by atomic mass is 9.67. The highest BCUT2D eigenvalue weighted by Gasteiger charge is 2.46. The normalized spacial score (nSPS) is 12.3. The number of benzene rings is 13. The maximum Gasteiger partial charge on any atom is 0.0714 e. The molecule has 0 saturated heterocycles. The van der Waals surface area contributed by atoms with Crippen molar-refractivity contribution in [2.75, 3.05) is 4.90 Å². The van der Waals surface area contributed by atoms with E-state index in [2.05, 4.69) is 337 Å². The van der Waals surface area contributed by atoms with Crippen molar-refractivity contribution in [3.05, 3.63) is 350 Å². The van der Waals surface area contributed by atoms with Gasteiger partial charge in [0, 0.05) is 33.5 Å². The van der Waals surface area contributed by atoms with Crippen LogP contribution in [0.5, 0.6) is 0 Å². The minimum Gasteiger partial charge on any atom is -0.310 e. The summed E-state index contributed by atoms with van der Waals surface area (Å²) in [6, 6.07) is 120. The topological polar surface area (TPSA) is 8.17 Å². The molecule has 15 rings (SSSR count). The summed E-state index contributed by atoms with van der Waals surface area (Å²) in [6.07, 6.45) is 0. The van der Waals surface area contributed by atoms with Gasteiger partial charge in [0.25, 0.3) is 0 Å². The Balaban J connectivity index is 0.773. The lowest BCUT2D eigenvalue weighted by Gasteiger charge is -2.35. The zero-order valence-corrected chi connectivity index (χ0v) is 44.6. The number of anilines is 3. The van der Waals surface area contributed by atoms with Crippen LogP contribution in [-0.4, -0.2) is 4.57 Å². The molecule has 1 heterocycles. The van der Waals surface area contributed by atoms with Crippen LogP contribution in [0.1, 0.15) is 22.3 Å². The fourth-order valence-corrected chi connectivity index (χ4v) is 12.9. The van der Waals surface area contributed by atoms with Gasteiger partial charge in [0.2, 0.25) is 0 Å². The highest BCUT2D eigenvalue weighted by atomic mass is 15.1. The third-order valence-electron chi connectivity index (χ3n) is 16.7. The molecule has 14 aromatic rings. The molecule has 0 bridgehead atoms. The molecule has 0 amide bonds. The van der Waals surface area contributed by atoms with E-state index < -0.39 is 5.41 Å². The molecule has 1 aromatic heterocycles. The van der Waals surface area contributed by atoms with Gasteiger partial charge in [-0.25, -0.2) is 0 Å². The number of hydrogen-bond acceptors (Lipinski definition) is 1. The highest BCUT2D eigenvalue weighted by Crippen LogP contribution is 2.57. The van der Waals surface area contributed by atoms with E-state index in [9.17, 15) is 0 Å². The van der Waals surface area contributed by atoms with Crippen molar-refractivity contribution in [1.29, 1.82) is 0 Å². The van der Waals surface area contributed by atoms with Crippen molar-refractivity contribution in [3.8, 4) is 72.4 Å². The van der Waals surface area contributed by atoms with Gasteiger partial charge in [-0.3, -0.25) is 0 Å². The standard InChI is InChI=1S/C79H54N2/c1-5-20-55(21-6-1)56-38-43-68(44-39-56)80(70-47-48-72-71-34-13-15-36-75(71)79(76(72)54-70,65-28-7-2-8-29-65)66-30-9-3-10-31-66)69-45-40-57(41-46-69)58-22-17-23-59(50-58)60-24-18-25-61(51-60)62-26-19-27-63(52-62)64-42-49-78-74(53-64)73-35-14-16-37-77(73)81(78)67-32-11-4-12-33-67/h1-54H. The zero-order valence-electron chi connectivity index (χ0n) is 44.6. The average molecular weight is 1030 g/mol. The quantitative estimate of drug-likeness (QED) is 0.125. The van der Waals surface area contributed by atoms with Gasteiger partial charge in [0.15, 0.2) is 0 Å². The predicted octanol–water partition coefficient (Wildman–Crippen LogP) is 21.0. The molecule has 0 fully saturated rings. The van der Waals surface area contributed by atoms with Crippen molar-refractivity contribution >= 4 is 38.9 Å². The van der Waals surface area contributed by atoms with Crippen molar-refractivity contribution in [1.82, 2.24) is 4.57 Å². The number of fused-ring (bicyclic) bond motifs is 6. The summed E-state index contributed by atoms with van der Waals surface area (Å²) in [6.45, 7) is 0. The van der Waals surface area contributed by atoms with Gasteiger partial charge in [-0.1, -0.05) is 243 Å². The number of aromatic nitrogens is 1. The Hall–Kier alpha value is -10.5. The minimum absolute atomic E-state index is 0.519. The molecule has 0 aliphatic heterocycles. The van der Waals surface area contributed by atoms with E-state index in [1.165, 1.54) is 111 Å². The van der Waals surface area contributed by atoms with Crippen LogP contribution in [0, 0.1) is 0 Å². The van der Waals surface area contributed by atoms with Crippen LogP contribution < -0.4 is 4.90 Å². The van der Waals surface area contributed by atoms with Crippen LogP contribution in [0.25, 0.3) is 94.3 Å². The monoisotopic (exact) mass is 1030 g/mol. The smallest absolute Gasteiger partial charge is 0.0714 e. The lowest BCUT2D eigenvalue weighted by Crippen LogP contribution is -2.28. The van der Waals surface area contributed by atoms with E-state index in [4.69, 9.17) is 0 Å². The second-order valence-corrected chi connectivity index (χ2v) is 21.2. The van der Waals surface area contributed by atoms with E-state index in [0.29, 0.717) is 0 Å². The molecule has 1 aliphatic rings. The number of rotatable bonds is 11. The number of nitrogens with zero attached hydrogens (tertiary/aromatic N) is 2. The van der Waals surface area contributed by atoms with Crippen LogP contribution in [0.15, 0.2) is 328 Å². The van der Waals surface area contributed by atoms with E-state index in [-0.39, 0.29) is 0 Å². The van der Waals surface area contributed by atoms with Crippen LogP contribution in [0.3, 0.4) is 0 Å². The van der Waals surface area contributed by atoms with Gasteiger partial charge >= 0.3 is 0 Å². The Labute approximate surface area is 473 Å². The van der Waals surface area contributed by atoms with Gasteiger partial charge in [-0.05, 0) is 174 Å². The van der Waals surface area contributed by atoms with Crippen LogP contribution in [0.4, 0.5) is 17.1 Å². The first kappa shape index (κ1) is 47.7. The van der Waals surface area contributed by atoms with E-state index in [1.54, 1.807) is 0 Å². The molecule has 0 unspecified atom stereocenters. The molecule has 0 N–H and O–H groups in total. The summed E-state index contributed by atoms with van der Waals surface area (Å²) in [4.78, 5) is 2.42. The molecular weight excluding hydrogens is 977 g/mol. The van der Waals surface area contributed by atoms with Gasteiger partial charge < -0.3 is 9.47 Å². The average Bonchev–Trinajstić information content (AvgIpc) is 4.25. The van der Waals surface area contributed by atoms with E-state index in [1.807, 2.05) is 0 Å². The second-order valence-electron chi connectivity index (χ2n) is 21.2. The van der Waals surface area contributed by atoms with Crippen LogP contribution in [0.2, 0.25) is 0 Å². The molecule has 380 valence electrons. The van der Waals surface area contributed by atoms with Gasteiger partial charge in [0.05, 0.1) is 16.4 Å². The Morgan fingerprint density at radius 2 is 0.630 bits per heavy atom. The van der Waals surface area contributed by atoms with Gasteiger partial charge in [-0.15, -0.1) is 0 Å². The van der Waals surface area contributed by atoms with Crippen LogP contribution in [-0.2, 0) is 5.41 Å². The Morgan fingerprint density at radius 3 is 1.21 bits per heavy atom. The van der Waals surface area contributed by atoms with Gasteiger partial charge in [-0.2, -0.15) is 0 Å². The molecule has 0 radical (unpaired) electrons. The molecule has 13 aromatic carbocycles. The SMILES string of the molecule is c1ccc(-c2ccc(N(c3ccc(-c4cccc(-c5cccc(-c6cccc(-c7ccc8c(c7)c7ccccc7n8-c7ccccc7)c6)c5)c4)cc3)c3ccc4c(c3)C(c3ccccc3)(c3ccccc3)c3ccccc3-4)cc2)cc1. The fraction of sp³-hybridized carbons (Fsp3) is 0.0127. The lowest BCUT2D eigenvalue weighted by molar-refractivity contribution is 0.768. The first-order valence-electron chi connectivity index (χ1n) is 28.0. The summed E-state index contributed by atoms with van der Waals surface area (Å²) in [7, 11) is 0. The van der Waals surface area contributed by atoms with Crippen molar-refractivity contribution in [2.24, 2.45) is 0 Å². The molecule has 2 nitrogen and oxygen atoms in total. The zero-order chi connectivity index (χ0) is 53.7. The fourth-order valence-electron chi connectivity index (χ4n) is 12.9. The summed E-state index contributed by atoms with van der Waals surface area (Å²) in [5.74, 6) is 0. The van der Waals surface area contributed by atoms with Crippen molar-refractivity contribution < 1.29 is 0 Å². The van der Waals surface area contributed by atoms with Crippen LogP contribution >= 0.6 is 0 Å². The third-order valence-corrected chi connectivity index (χ3v) is 16.7. The summed E-state index contributed by atoms with van der Waals surface area (Å²) in [5, 5.41) is 2.50. The van der Waals surface area contributed by atoms with E-state index in [0.717, 1.165) is 22.6 Å². The summed E-state index contributed by atoms with van der Waals surface area (Å²) < 4.78 is 2.37. The van der Waals surface area contributed by atoms with Crippen molar-refractivity contribution in [2.45, 2.75) is 5.41 Å². The van der Waals surface area contributed by atoms with Gasteiger partial charge in [0.1, 0.15) is 0 Å². The highest BCUT2D eigenvalue weighted by molar-refractivity contribution is 6.10. The predicted molar refractivity (Wildman–Crippen MR) is 340 cm³/mol. The number of hydrogen-bond donors (Lipinski definition) is 0. The van der Waals surface area contributed by atoms with Crippen molar-refractivity contribution in [3.63, 3.8) is 0 Å². The maximum absolute atomic E-state index is 2.45. The molecule has 0 spiro atoms. The third kappa shape index (κ3) is 8.27. The Bertz CT molecular complexity index is 4560. The first-order chi connectivity index (χ1) is 40.2. The second kappa shape index (κ2) is 20.0. The molecular formula is C79H54N2. The molecule has 81 heavy (non-hydrogen) atoms. The summed E-state index contributed by atoms with van der Waals surface area (Å²) in [5.41, 5.74) is 25.7. The molecule has 2 heteroatoms. The molecule has 0 saturated carbocycles. The molecule has 1 aliphatic carbocycles. The van der Waals surface area contributed by atoms with E-state index >= 15 is 0 Å². The minimum atomic E-state index is -0.519. The summed E-state index contributed by atoms with van der Waals surface area (Å²) >= 11 is 0. The molecule has 0 atom stereocenters. The largest absolute Gasteiger partial charge is 0.310 e. The maximum atomic E-state index is 2.45.